The van der Waals surface area contributed by atoms with Gasteiger partial charge in [0.25, 0.3) is 0 Å². The number of amides is 2. The third kappa shape index (κ3) is 4.95. The molecular formula is C22H24ClN7O2. The third-order valence-electron chi connectivity index (χ3n) is 5.54. The third-order valence-corrected chi connectivity index (χ3v) is 5.78. The molecule has 9 nitrogen and oxygen atoms in total. The van der Waals surface area contributed by atoms with Gasteiger partial charge in [-0.05, 0) is 59.0 Å². The molecule has 1 aliphatic rings. The normalized spacial score (nSPS) is 16.7. The van der Waals surface area contributed by atoms with Crippen molar-refractivity contribution in [3.05, 3.63) is 71.0 Å². The molecule has 1 aliphatic heterocycles. The van der Waals surface area contributed by atoms with E-state index in [1.165, 1.54) is 11.0 Å². The Kier molecular flexibility index (Phi) is 6.77. The van der Waals surface area contributed by atoms with E-state index in [0.717, 1.165) is 17.5 Å². The number of nitrogens with one attached hydrogen (secondary N) is 1. The zero-order valence-corrected chi connectivity index (χ0v) is 18.2. The predicted octanol–water partition coefficient (Wildman–Crippen LogP) is 1.49. The molecule has 10 heteroatoms. The molecule has 0 spiro atoms. The van der Waals surface area contributed by atoms with E-state index in [1.54, 1.807) is 23.1 Å². The summed E-state index contributed by atoms with van der Waals surface area (Å²) in [5, 5.41) is 14.7. The molecule has 2 aromatic carbocycles. The number of nitrogens with two attached hydrogens (primary N) is 1. The lowest BCUT2D eigenvalue weighted by molar-refractivity contribution is -0.139. The van der Waals surface area contributed by atoms with Gasteiger partial charge in [0, 0.05) is 18.1 Å². The van der Waals surface area contributed by atoms with Crippen molar-refractivity contribution in [1.82, 2.24) is 30.4 Å². The molecule has 1 aromatic heterocycles. The molecule has 1 saturated heterocycles. The van der Waals surface area contributed by atoms with Crippen LogP contribution in [0.2, 0.25) is 5.02 Å². The molecule has 2 unspecified atom stereocenters. The van der Waals surface area contributed by atoms with Crippen molar-refractivity contribution in [1.29, 1.82) is 0 Å². The maximum absolute atomic E-state index is 13.0. The zero-order valence-electron chi connectivity index (χ0n) is 17.4. The summed E-state index contributed by atoms with van der Waals surface area (Å²) in [6, 6.07) is 13.7. The summed E-state index contributed by atoms with van der Waals surface area (Å²) >= 11 is 6.15. The van der Waals surface area contributed by atoms with Crippen molar-refractivity contribution in [2.24, 2.45) is 5.73 Å². The average molecular weight is 454 g/mol. The first kappa shape index (κ1) is 21.9. The number of hydrogen-bond donors (Lipinski definition) is 2. The zero-order chi connectivity index (χ0) is 22.5. The fraction of sp³-hybridized carbons (Fsp3) is 0.318. The van der Waals surface area contributed by atoms with Crippen LogP contribution in [-0.4, -0.2) is 55.5 Å². The summed E-state index contributed by atoms with van der Waals surface area (Å²) in [7, 11) is 0. The lowest BCUT2D eigenvalue weighted by Crippen LogP contribution is -2.51. The first-order chi connectivity index (χ1) is 15.5. The molecule has 0 bridgehead atoms. The van der Waals surface area contributed by atoms with Crippen molar-refractivity contribution in [3.63, 3.8) is 0 Å². The maximum atomic E-state index is 13.0. The molecule has 3 aromatic rings. The molecule has 166 valence electrons. The van der Waals surface area contributed by atoms with Crippen LogP contribution in [0.25, 0.3) is 5.69 Å². The van der Waals surface area contributed by atoms with Gasteiger partial charge in [-0.3, -0.25) is 9.59 Å². The van der Waals surface area contributed by atoms with Crippen molar-refractivity contribution in [2.45, 2.75) is 37.9 Å². The van der Waals surface area contributed by atoms with E-state index >= 15 is 0 Å². The number of carbonyl (C=O) groups is 2. The number of carbonyl (C=O) groups excluding carboxylic acids is 2. The van der Waals surface area contributed by atoms with Gasteiger partial charge in [0.2, 0.25) is 11.8 Å². The fourth-order valence-electron chi connectivity index (χ4n) is 3.96. The van der Waals surface area contributed by atoms with Gasteiger partial charge in [-0.2, -0.15) is 0 Å². The monoisotopic (exact) mass is 453 g/mol. The Hall–Kier alpha value is -3.30. The van der Waals surface area contributed by atoms with Crippen molar-refractivity contribution >= 4 is 23.4 Å². The minimum Gasteiger partial charge on any atom is -0.350 e. The predicted molar refractivity (Wildman–Crippen MR) is 119 cm³/mol. The molecule has 0 radical (unpaired) electrons. The van der Waals surface area contributed by atoms with Gasteiger partial charge in [-0.1, -0.05) is 41.9 Å². The van der Waals surface area contributed by atoms with Crippen LogP contribution in [0.5, 0.6) is 0 Å². The van der Waals surface area contributed by atoms with Crippen molar-refractivity contribution in [2.75, 3.05) is 6.54 Å². The number of tetrazole rings is 1. The minimum atomic E-state index is -0.690. The van der Waals surface area contributed by atoms with Crippen LogP contribution in [0.15, 0.2) is 54.9 Å². The number of nitrogens with zero attached hydrogens (tertiary/aromatic N) is 5. The molecule has 1 fully saturated rings. The second-order valence-electron chi connectivity index (χ2n) is 7.73. The molecular weight excluding hydrogens is 430 g/mol. The first-order valence-corrected chi connectivity index (χ1v) is 10.8. The number of rotatable bonds is 7. The molecule has 0 aliphatic carbocycles. The van der Waals surface area contributed by atoms with E-state index in [1.807, 2.05) is 30.3 Å². The van der Waals surface area contributed by atoms with Crippen LogP contribution in [0, 0.1) is 0 Å². The Bertz CT molecular complexity index is 1080. The van der Waals surface area contributed by atoms with E-state index in [4.69, 9.17) is 17.3 Å². The Balaban J connectivity index is 1.41. The summed E-state index contributed by atoms with van der Waals surface area (Å²) < 4.78 is 1.51. The summed E-state index contributed by atoms with van der Waals surface area (Å²) in [6.45, 7) is 0.746. The van der Waals surface area contributed by atoms with Crippen LogP contribution in [0.1, 0.15) is 24.0 Å². The highest BCUT2D eigenvalue weighted by atomic mass is 35.5. The van der Waals surface area contributed by atoms with E-state index < -0.39 is 12.1 Å². The molecule has 4 rings (SSSR count). The highest BCUT2D eigenvalue weighted by molar-refractivity contribution is 6.30. The van der Waals surface area contributed by atoms with Gasteiger partial charge in [0.1, 0.15) is 12.4 Å². The lowest BCUT2D eigenvalue weighted by Gasteiger charge is -2.27. The molecule has 2 amide bonds. The number of benzene rings is 2. The minimum absolute atomic E-state index is 0.205. The number of halogens is 1. The quantitative estimate of drug-likeness (QED) is 0.559. The SMILES string of the molecule is NC(Cc1ccccc1)C(=O)N1CCCC1C(=O)NCc1cc(Cl)ccc1-n1cnnn1. The van der Waals surface area contributed by atoms with E-state index in [0.29, 0.717) is 30.1 Å². The summed E-state index contributed by atoms with van der Waals surface area (Å²) in [6.07, 6.45) is 3.27. The first-order valence-electron chi connectivity index (χ1n) is 10.4. The Morgan fingerprint density at radius 1 is 1.22 bits per heavy atom. The summed E-state index contributed by atoms with van der Waals surface area (Å²) in [5.41, 5.74) is 8.65. The number of aromatic nitrogens is 4. The van der Waals surface area contributed by atoms with Gasteiger partial charge >= 0.3 is 0 Å². The molecule has 2 atom stereocenters. The van der Waals surface area contributed by atoms with E-state index in [9.17, 15) is 9.59 Å². The van der Waals surface area contributed by atoms with Gasteiger partial charge in [-0.15, -0.1) is 5.10 Å². The number of hydrogen-bond acceptors (Lipinski definition) is 6. The topological polar surface area (TPSA) is 119 Å². The molecule has 3 N–H and O–H groups in total. The van der Waals surface area contributed by atoms with E-state index in [-0.39, 0.29) is 18.4 Å². The Morgan fingerprint density at radius 3 is 2.78 bits per heavy atom. The summed E-state index contributed by atoms with van der Waals surface area (Å²) in [4.78, 5) is 27.5. The average Bonchev–Trinajstić information content (AvgIpc) is 3.50. The molecule has 32 heavy (non-hydrogen) atoms. The Labute approximate surface area is 190 Å². The van der Waals surface area contributed by atoms with Crippen molar-refractivity contribution < 1.29 is 9.59 Å². The lowest BCUT2D eigenvalue weighted by atomic mass is 10.1. The van der Waals surface area contributed by atoms with Crippen LogP contribution in [0.3, 0.4) is 0 Å². The molecule has 0 saturated carbocycles. The smallest absolute Gasteiger partial charge is 0.243 e. The Morgan fingerprint density at radius 2 is 2.03 bits per heavy atom. The highest BCUT2D eigenvalue weighted by Gasteiger charge is 2.36. The van der Waals surface area contributed by atoms with Crippen LogP contribution >= 0.6 is 11.6 Å². The maximum Gasteiger partial charge on any atom is 0.243 e. The van der Waals surface area contributed by atoms with Crippen LogP contribution in [-0.2, 0) is 22.6 Å². The van der Waals surface area contributed by atoms with E-state index in [2.05, 4.69) is 20.8 Å². The molecule has 2 heterocycles. The van der Waals surface area contributed by atoms with Crippen LogP contribution in [0.4, 0.5) is 0 Å². The standard InChI is InChI=1S/C22H24ClN7O2/c23-17-8-9-19(30-14-26-27-28-30)16(12-17)13-25-21(31)20-7-4-10-29(20)22(32)18(24)11-15-5-2-1-3-6-15/h1-3,5-6,8-9,12,14,18,20H,4,7,10-11,13,24H2,(H,25,31). The van der Waals surface area contributed by atoms with Crippen LogP contribution < -0.4 is 11.1 Å². The van der Waals surface area contributed by atoms with Gasteiger partial charge in [-0.25, -0.2) is 4.68 Å². The second kappa shape index (κ2) is 9.88. The van der Waals surface area contributed by atoms with Gasteiger partial charge in [0.05, 0.1) is 11.7 Å². The summed E-state index contributed by atoms with van der Waals surface area (Å²) in [5.74, 6) is -0.422. The second-order valence-corrected chi connectivity index (χ2v) is 8.17. The number of likely N-dealkylation sites (tertiary alicyclic amines) is 1. The fourth-order valence-corrected chi connectivity index (χ4v) is 4.16. The highest BCUT2D eigenvalue weighted by Crippen LogP contribution is 2.21. The van der Waals surface area contributed by atoms with Gasteiger partial charge in [0.15, 0.2) is 0 Å². The van der Waals surface area contributed by atoms with Gasteiger partial charge < -0.3 is 16.0 Å². The largest absolute Gasteiger partial charge is 0.350 e. The van der Waals surface area contributed by atoms with Crippen molar-refractivity contribution in [3.8, 4) is 5.69 Å².